The van der Waals surface area contributed by atoms with Gasteiger partial charge in [0.1, 0.15) is 24.2 Å². The first-order valence-corrected chi connectivity index (χ1v) is 8.12. The van der Waals surface area contributed by atoms with Gasteiger partial charge in [-0.05, 0) is 6.92 Å². The Morgan fingerprint density at radius 2 is 1.50 bits per heavy atom. The van der Waals surface area contributed by atoms with E-state index >= 15 is 0 Å². The Bertz CT molecular complexity index is 518. The van der Waals surface area contributed by atoms with E-state index in [1.54, 1.807) is 0 Å². The maximum atomic E-state index is 12.2. The number of carboxylic acid groups (broad SMARTS) is 1. The van der Waals surface area contributed by atoms with Crippen LogP contribution in [0.25, 0.3) is 0 Å². The first-order valence-electron chi connectivity index (χ1n) is 7.49. The molecule has 0 radical (unpaired) electrons. The van der Waals surface area contributed by atoms with Gasteiger partial charge in [0.05, 0.1) is 19.3 Å². The standard InChI is InChI=1S/C13H24N4O8S/c1-5(20)9(12(23)15-7(3-19)13(24)25)17-11(22)8(4-26)16-10(21)6(14)2-18/h5-9,18-20,26H,2-4,14H2,1H3,(H,15,23)(H,16,21)(H,17,22)(H,24,25). The maximum absolute atomic E-state index is 12.2. The number of rotatable bonds is 11. The van der Waals surface area contributed by atoms with Crippen molar-refractivity contribution in [2.24, 2.45) is 5.73 Å². The minimum absolute atomic E-state index is 0.182. The Morgan fingerprint density at radius 3 is 1.88 bits per heavy atom. The Morgan fingerprint density at radius 1 is 0.962 bits per heavy atom. The van der Waals surface area contributed by atoms with Crippen LogP contribution >= 0.6 is 12.6 Å². The van der Waals surface area contributed by atoms with Gasteiger partial charge in [-0.25, -0.2) is 4.79 Å². The summed E-state index contributed by atoms with van der Waals surface area (Å²) >= 11 is 3.90. The number of nitrogens with two attached hydrogens (primary N) is 1. The minimum Gasteiger partial charge on any atom is -0.480 e. The van der Waals surface area contributed by atoms with Crippen molar-refractivity contribution in [2.75, 3.05) is 19.0 Å². The highest BCUT2D eigenvalue weighted by Crippen LogP contribution is 1.99. The summed E-state index contributed by atoms with van der Waals surface area (Å²) in [6, 6.07) is -5.67. The summed E-state index contributed by atoms with van der Waals surface area (Å²) < 4.78 is 0. The Hall–Kier alpha value is -1.93. The van der Waals surface area contributed by atoms with Gasteiger partial charge in [0.25, 0.3) is 0 Å². The molecule has 0 aliphatic rings. The molecule has 5 unspecified atom stereocenters. The van der Waals surface area contributed by atoms with Crippen molar-refractivity contribution in [3.8, 4) is 0 Å². The van der Waals surface area contributed by atoms with Gasteiger partial charge < -0.3 is 42.1 Å². The van der Waals surface area contributed by atoms with Crippen LogP contribution in [0.1, 0.15) is 6.92 Å². The van der Waals surface area contributed by atoms with Crippen LogP contribution in [0.2, 0.25) is 0 Å². The zero-order valence-corrected chi connectivity index (χ0v) is 14.8. The lowest BCUT2D eigenvalue weighted by molar-refractivity contribution is -0.144. The number of nitrogens with one attached hydrogen (secondary N) is 3. The molecule has 3 amide bonds. The second-order valence-corrected chi connectivity index (χ2v) is 5.71. The lowest BCUT2D eigenvalue weighted by Crippen LogP contribution is -2.60. The van der Waals surface area contributed by atoms with E-state index in [0.717, 1.165) is 0 Å². The zero-order valence-electron chi connectivity index (χ0n) is 14.0. The summed E-state index contributed by atoms with van der Waals surface area (Å²) in [5.74, 6) is -4.46. The van der Waals surface area contributed by atoms with Gasteiger partial charge in [0.2, 0.25) is 17.7 Å². The summed E-state index contributed by atoms with van der Waals surface area (Å²) in [4.78, 5) is 46.7. The average molecular weight is 396 g/mol. The molecule has 0 aromatic carbocycles. The third-order valence-corrected chi connectivity index (χ3v) is 3.57. The maximum Gasteiger partial charge on any atom is 0.328 e. The molecule has 0 rings (SSSR count). The van der Waals surface area contributed by atoms with Crippen molar-refractivity contribution in [1.82, 2.24) is 16.0 Å². The monoisotopic (exact) mass is 396 g/mol. The van der Waals surface area contributed by atoms with Crippen molar-refractivity contribution in [1.29, 1.82) is 0 Å². The SMILES string of the molecule is CC(O)C(NC(=O)C(CS)NC(=O)C(N)CO)C(=O)NC(CO)C(=O)O. The molecule has 13 heteroatoms. The molecule has 26 heavy (non-hydrogen) atoms. The van der Waals surface area contributed by atoms with Crippen LogP contribution in [-0.4, -0.2) is 93.4 Å². The number of carbonyl (C=O) groups excluding carboxylic acids is 3. The van der Waals surface area contributed by atoms with E-state index in [1.165, 1.54) is 6.92 Å². The van der Waals surface area contributed by atoms with Gasteiger partial charge in [-0.15, -0.1) is 0 Å². The fourth-order valence-corrected chi connectivity index (χ4v) is 1.92. The molecule has 0 bridgehead atoms. The van der Waals surface area contributed by atoms with Crippen LogP contribution in [0.15, 0.2) is 0 Å². The lowest BCUT2D eigenvalue weighted by atomic mass is 10.1. The number of carbonyl (C=O) groups is 4. The molecule has 0 fully saturated rings. The molecular weight excluding hydrogens is 372 g/mol. The van der Waals surface area contributed by atoms with Crippen molar-refractivity contribution in [2.45, 2.75) is 37.2 Å². The van der Waals surface area contributed by atoms with Gasteiger partial charge in [-0.3, -0.25) is 14.4 Å². The third kappa shape index (κ3) is 7.53. The fourth-order valence-electron chi connectivity index (χ4n) is 1.66. The van der Waals surface area contributed by atoms with Crippen molar-refractivity contribution < 1.29 is 39.6 Å². The van der Waals surface area contributed by atoms with E-state index < -0.39 is 67.2 Å². The molecule has 0 saturated carbocycles. The molecule has 9 N–H and O–H groups in total. The van der Waals surface area contributed by atoms with Gasteiger partial charge >= 0.3 is 5.97 Å². The number of aliphatic hydroxyl groups excluding tert-OH is 3. The van der Waals surface area contributed by atoms with Gasteiger partial charge in [0, 0.05) is 5.75 Å². The predicted octanol–water partition coefficient (Wildman–Crippen LogP) is -4.85. The number of thiol groups is 1. The van der Waals surface area contributed by atoms with Crippen molar-refractivity contribution >= 4 is 36.3 Å². The van der Waals surface area contributed by atoms with Crippen LogP contribution in [0.5, 0.6) is 0 Å². The first-order chi connectivity index (χ1) is 12.1. The van der Waals surface area contributed by atoms with E-state index in [9.17, 15) is 24.3 Å². The number of aliphatic carboxylic acids is 1. The lowest BCUT2D eigenvalue weighted by Gasteiger charge is -2.25. The van der Waals surface area contributed by atoms with Crippen molar-refractivity contribution in [3.63, 3.8) is 0 Å². The zero-order chi connectivity index (χ0) is 20.4. The van der Waals surface area contributed by atoms with E-state index in [1.807, 2.05) is 5.32 Å². The second kappa shape index (κ2) is 11.6. The third-order valence-electron chi connectivity index (χ3n) is 3.21. The summed E-state index contributed by atoms with van der Waals surface area (Å²) in [5, 5.41) is 42.5. The number of carboxylic acids is 1. The fraction of sp³-hybridized carbons (Fsp3) is 0.692. The molecule has 0 aromatic rings. The van der Waals surface area contributed by atoms with E-state index in [0.29, 0.717) is 0 Å². The molecule has 0 heterocycles. The summed E-state index contributed by atoms with van der Waals surface area (Å²) in [6.45, 7) is -0.367. The highest BCUT2D eigenvalue weighted by Gasteiger charge is 2.32. The summed E-state index contributed by atoms with van der Waals surface area (Å²) in [7, 11) is 0. The van der Waals surface area contributed by atoms with Crippen LogP contribution < -0.4 is 21.7 Å². The molecular formula is C13H24N4O8S. The quantitative estimate of drug-likeness (QED) is 0.153. The Kier molecular flexibility index (Phi) is 10.8. The van der Waals surface area contributed by atoms with Crippen molar-refractivity contribution in [3.05, 3.63) is 0 Å². The predicted molar refractivity (Wildman–Crippen MR) is 91.1 cm³/mol. The van der Waals surface area contributed by atoms with E-state index in [2.05, 4.69) is 23.3 Å². The van der Waals surface area contributed by atoms with E-state index in [4.69, 9.17) is 21.1 Å². The largest absolute Gasteiger partial charge is 0.480 e. The highest BCUT2D eigenvalue weighted by atomic mass is 32.1. The molecule has 0 aliphatic carbocycles. The average Bonchev–Trinajstić information content (AvgIpc) is 2.59. The van der Waals surface area contributed by atoms with Crippen LogP contribution in [0.4, 0.5) is 0 Å². The molecule has 0 saturated heterocycles. The highest BCUT2D eigenvalue weighted by molar-refractivity contribution is 7.80. The normalized spacial score (nSPS) is 16.5. The summed E-state index contributed by atoms with van der Waals surface area (Å²) in [5.41, 5.74) is 5.31. The molecule has 0 spiro atoms. The number of hydrogen-bond donors (Lipinski definition) is 9. The molecule has 0 aliphatic heterocycles. The molecule has 12 nitrogen and oxygen atoms in total. The number of aliphatic hydroxyl groups is 3. The second-order valence-electron chi connectivity index (χ2n) is 5.34. The number of hydrogen-bond acceptors (Lipinski definition) is 9. The van der Waals surface area contributed by atoms with Gasteiger partial charge in [0.15, 0.2) is 0 Å². The summed E-state index contributed by atoms with van der Waals surface area (Å²) in [6.07, 6.45) is -1.41. The van der Waals surface area contributed by atoms with Crippen LogP contribution in [0.3, 0.4) is 0 Å². The first kappa shape index (κ1) is 24.1. The van der Waals surface area contributed by atoms with E-state index in [-0.39, 0.29) is 5.75 Å². The van der Waals surface area contributed by atoms with Gasteiger partial charge in [-0.1, -0.05) is 0 Å². The minimum atomic E-state index is -1.62. The van der Waals surface area contributed by atoms with Gasteiger partial charge in [-0.2, -0.15) is 12.6 Å². The molecule has 0 aromatic heterocycles. The van der Waals surface area contributed by atoms with Crippen LogP contribution in [0, 0.1) is 0 Å². The van der Waals surface area contributed by atoms with Crippen LogP contribution in [-0.2, 0) is 19.2 Å². The smallest absolute Gasteiger partial charge is 0.328 e. The molecule has 150 valence electrons. The topological polar surface area (TPSA) is 211 Å². The Balaban J connectivity index is 5.06. The Labute approximate surface area is 154 Å². The molecule has 5 atom stereocenters. The number of amides is 3.